The lowest BCUT2D eigenvalue weighted by Crippen LogP contribution is -2.50. The van der Waals surface area contributed by atoms with Crippen LogP contribution < -0.4 is 0 Å². The zero-order valence-electron chi connectivity index (χ0n) is 22.6. The zero-order chi connectivity index (χ0) is 26.8. The first-order chi connectivity index (χ1) is 18.4. The highest BCUT2D eigenvalue weighted by atomic mass is 35.5. The van der Waals surface area contributed by atoms with Crippen LogP contribution in [-0.4, -0.2) is 45.4 Å². The van der Waals surface area contributed by atoms with Crippen LogP contribution >= 0.6 is 11.6 Å². The van der Waals surface area contributed by atoms with E-state index in [0.29, 0.717) is 12.0 Å². The van der Waals surface area contributed by atoms with E-state index in [2.05, 4.69) is 72.0 Å². The summed E-state index contributed by atoms with van der Waals surface area (Å²) in [4.78, 5) is 14.6. The maximum atomic E-state index is 6.95. The van der Waals surface area contributed by atoms with E-state index >= 15 is 0 Å². The van der Waals surface area contributed by atoms with Crippen molar-refractivity contribution in [1.82, 2.24) is 19.8 Å². The molecule has 0 spiro atoms. The average molecular weight is 525 g/mol. The molecule has 2 aliphatic rings. The third-order valence-corrected chi connectivity index (χ3v) is 8.66. The molecule has 2 atom stereocenters. The molecule has 1 aliphatic carbocycles. The SMILES string of the molecule is C#Cc1ccc(C2CCc3c(nc4cc(C(=C)N5CCN(C(=C)CCCC)CC5C)ccc4c3Cl)C2)nc1. The molecule has 3 heterocycles. The van der Waals surface area contributed by atoms with E-state index in [1.165, 1.54) is 24.1 Å². The number of benzene rings is 1. The van der Waals surface area contributed by atoms with Gasteiger partial charge < -0.3 is 9.80 Å². The van der Waals surface area contributed by atoms with Gasteiger partial charge in [-0.1, -0.05) is 56.2 Å². The summed E-state index contributed by atoms with van der Waals surface area (Å²) in [5.41, 5.74) is 8.48. The summed E-state index contributed by atoms with van der Waals surface area (Å²) < 4.78 is 0. The summed E-state index contributed by atoms with van der Waals surface area (Å²) in [5.74, 6) is 2.96. The quantitative estimate of drug-likeness (QED) is 0.305. The van der Waals surface area contributed by atoms with E-state index in [4.69, 9.17) is 23.0 Å². The Balaban J connectivity index is 1.35. The lowest BCUT2D eigenvalue weighted by atomic mass is 9.84. The van der Waals surface area contributed by atoms with Gasteiger partial charge in [-0.3, -0.25) is 9.97 Å². The Morgan fingerprint density at radius 2 is 2.05 bits per heavy atom. The smallest absolute Gasteiger partial charge is 0.0727 e. The average Bonchev–Trinajstić information content (AvgIpc) is 2.95. The molecule has 1 fully saturated rings. The molecule has 0 bridgehead atoms. The molecule has 196 valence electrons. The Bertz CT molecular complexity index is 1400. The lowest BCUT2D eigenvalue weighted by molar-refractivity contribution is 0.155. The molecule has 0 amide bonds. The minimum Gasteiger partial charge on any atom is -0.371 e. The van der Waals surface area contributed by atoms with Gasteiger partial charge >= 0.3 is 0 Å². The van der Waals surface area contributed by atoms with Gasteiger partial charge in [-0.15, -0.1) is 6.42 Å². The Hall–Kier alpha value is -3.29. The van der Waals surface area contributed by atoms with Crippen LogP contribution in [0, 0.1) is 12.3 Å². The van der Waals surface area contributed by atoms with Crippen LogP contribution in [0.1, 0.15) is 73.5 Å². The molecule has 2 aromatic heterocycles. The number of hydrogen-bond acceptors (Lipinski definition) is 4. The number of piperazine rings is 1. The van der Waals surface area contributed by atoms with Gasteiger partial charge in [0, 0.05) is 71.5 Å². The van der Waals surface area contributed by atoms with Gasteiger partial charge in [0.05, 0.1) is 10.5 Å². The number of unbranched alkanes of at least 4 members (excludes halogenated alkanes) is 1. The first-order valence-electron chi connectivity index (χ1n) is 13.8. The van der Waals surface area contributed by atoms with Crippen molar-refractivity contribution in [2.75, 3.05) is 19.6 Å². The number of rotatable bonds is 7. The van der Waals surface area contributed by atoms with Gasteiger partial charge in [-0.05, 0) is 68.4 Å². The van der Waals surface area contributed by atoms with E-state index in [9.17, 15) is 0 Å². The summed E-state index contributed by atoms with van der Waals surface area (Å²) in [6.07, 6.45) is 13.5. The van der Waals surface area contributed by atoms with Crippen LogP contribution in [0.15, 0.2) is 55.4 Å². The molecule has 5 heteroatoms. The van der Waals surface area contributed by atoms with Gasteiger partial charge in [-0.2, -0.15) is 0 Å². The molecular weight excluding hydrogens is 488 g/mol. The highest BCUT2D eigenvalue weighted by Crippen LogP contribution is 2.38. The zero-order valence-corrected chi connectivity index (χ0v) is 23.4. The van der Waals surface area contributed by atoms with Crippen molar-refractivity contribution in [2.45, 2.75) is 64.3 Å². The molecule has 1 aromatic carbocycles. The van der Waals surface area contributed by atoms with Gasteiger partial charge in [-0.25, -0.2) is 0 Å². The fourth-order valence-electron chi connectivity index (χ4n) is 5.90. The van der Waals surface area contributed by atoms with Crippen LogP contribution in [0.25, 0.3) is 16.6 Å². The number of halogens is 1. The largest absolute Gasteiger partial charge is 0.371 e. The normalized spacial score (nSPS) is 19.2. The van der Waals surface area contributed by atoms with Crippen molar-refractivity contribution < 1.29 is 0 Å². The number of pyridine rings is 2. The predicted molar refractivity (Wildman–Crippen MR) is 159 cm³/mol. The van der Waals surface area contributed by atoms with Gasteiger partial charge in [0.2, 0.25) is 0 Å². The Morgan fingerprint density at radius 3 is 2.76 bits per heavy atom. The Kier molecular flexibility index (Phi) is 7.77. The Labute approximate surface area is 232 Å². The predicted octanol–water partition coefficient (Wildman–Crippen LogP) is 7.22. The van der Waals surface area contributed by atoms with Crippen molar-refractivity contribution in [3.63, 3.8) is 0 Å². The number of allylic oxidation sites excluding steroid dienone is 1. The number of hydrogen-bond donors (Lipinski definition) is 0. The van der Waals surface area contributed by atoms with E-state index in [1.807, 2.05) is 6.07 Å². The second-order valence-corrected chi connectivity index (χ2v) is 11.1. The molecule has 1 saturated heterocycles. The fourth-order valence-corrected chi connectivity index (χ4v) is 6.27. The molecule has 0 radical (unpaired) electrons. The van der Waals surface area contributed by atoms with Gasteiger partial charge in [0.15, 0.2) is 0 Å². The third-order valence-electron chi connectivity index (χ3n) is 8.23. The van der Waals surface area contributed by atoms with Crippen LogP contribution in [0.5, 0.6) is 0 Å². The van der Waals surface area contributed by atoms with Crippen molar-refractivity contribution in [3.05, 3.63) is 88.5 Å². The first kappa shape index (κ1) is 26.3. The van der Waals surface area contributed by atoms with Gasteiger partial charge in [0.1, 0.15) is 0 Å². The van der Waals surface area contributed by atoms with Crippen molar-refractivity contribution >= 4 is 28.2 Å². The molecule has 3 aromatic rings. The minimum absolute atomic E-state index is 0.317. The first-order valence-corrected chi connectivity index (χ1v) is 14.2. The minimum atomic E-state index is 0.317. The highest BCUT2D eigenvalue weighted by molar-refractivity contribution is 6.36. The number of fused-ring (bicyclic) bond motifs is 2. The highest BCUT2D eigenvalue weighted by Gasteiger charge is 2.27. The van der Waals surface area contributed by atoms with Gasteiger partial charge in [0.25, 0.3) is 0 Å². The van der Waals surface area contributed by atoms with Crippen LogP contribution in [0.4, 0.5) is 0 Å². The number of terminal acetylenes is 1. The molecule has 5 rings (SSSR count). The molecule has 0 saturated carbocycles. The number of aromatic nitrogens is 2. The molecule has 0 N–H and O–H groups in total. The fraction of sp³-hybridized carbons (Fsp3) is 0.394. The maximum Gasteiger partial charge on any atom is 0.0727 e. The van der Waals surface area contributed by atoms with E-state index < -0.39 is 0 Å². The summed E-state index contributed by atoms with van der Waals surface area (Å²) >= 11 is 6.95. The second-order valence-electron chi connectivity index (χ2n) is 10.7. The van der Waals surface area contributed by atoms with Crippen molar-refractivity contribution in [3.8, 4) is 12.3 Å². The number of nitrogens with zero attached hydrogens (tertiary/aromatic N) is 4. The molecule has 1 aliphatic heterocycles. The summed E-state index contributed by atoms with van der Waals surface area (Å²) in [5, 5.41) is 1.85. The van der Waals surface area contributed by atoms with Crippen molar-refractivity contribution in [1.29, 1.82) is 0 Å². The van der Waals surface area contributed by atoms with Crippen LogP contribution in [0.2, 0.25) is 5.02 Å². The molecule has 2 unspecified atom stereocenters. The van der Waals surface area contributed by atoms with E-state index in [1.54, 1.807) is 6.20 Å². The van der Waals surface area contributed by atoms with Crippen molar-refractivity contribution in [2.24, 2.45) is 0 Å². The Morgan fingerprint density at radius 1 is 1.21 bits per heavy atom. The topological polar surface area (TPSA) is 32.3 Å². The summed E-state index contributed by atoms with van der Waals surface area (Å²) in [6, 6.07) is 10.8. The maximum absolute atomic E-state index is 6.95. The lowest BCUT2D eigenvalue weighted by Gasteiger charge is -2.44. The molecular formula is C33H37ClN4. The van der Waals surface area contributed by atoms with E-state index in [-0.39, 0.29) is 0 Å². The molecule has 4 nitrogen and oxygen atoms in total. The van der Waals surface area contributed by atoms with E-state index in [0.717, 1.165) is 89.5 Å². The van der Waals surface area contributed by atoms with Crippen LogP contribution in [-0.2, 0) is 12.8 Å². The molecule has 38 heavy (non-hydrogen) atoms. The standard InChI is InChI=1S/C33H37ClN4/c1-6-8-9-22(3)37-16-17-38(23(4)21-37)24(5)26-11-13-28-31(18-26)36-32-19-27(12-14-29(32)33(28)34)30-15-10-25(7-2)20-35-30/h2,10-11,13,15,18,20,23,27H,3,5-6,8-9,12,14,16-17,19,21H2,1,4H3. The van der Waals surface area contributed by atoms with Crippen LogP contribution in [0.3, 0.4) is 0 Å². The third kappa shape index (κ3) is 5.18. The second kappa shape index (κ2) is 11.2. The summed E-state index contributed by atoms with van der Waals surface area (Å²) in [6.45, 7) is 16.2. The summed E-state index contributed by atoms with van der Waals surface area (Å²) in [7, 11) is 0. The monoisotopic (exact) mass is 524 g/mol.